The van der Waals surface area contributed by atoms with Crippen LogP contribution >= 0.6 is 11.6 Å². The molecule has 0 bridgehead atoms. The van der Waals surface area contributed by atoms with Crippen LogP contribution in [0, 0.1) is 10.1 Å². The quantitative estimate of drug-likeness (QED) is 0.323. The normalized spacial score (nSPS) is 14.6. The van der Waals surface area contributed by atoms with E-state index >= 15 is 0 Å². The smallest absolute Gasteiger partial charge is 0.302 e. The number of nitrogens with zero attached hydrogens (tertiary/aromatic N) is 3. The highest BCUT2D eigenvalue weighted by atomic mass is 35.5. The van der Waals surface area contributed by atoms with Crippen molar-refractivity contribution in [1.82, 2.24) is 9.37 Å². The molecule has 3 aromatic carbocycles. The summed E-state index contributed by atoms with van der Waals surface area (Å²) in [5.74, 6) is -0.979. The van der Waals surface area contributed by atoms with Crippen molar-refractivity contribution < 1.29 is 23.0 Å². The van der Waals surface area contributed by atoms with Crippen LogP contribution in [0.1, 0.15) is 23.2 Å². The molecule has 1 heterocycles. The number of halogens is 1. The summed E-state index contributed by atoms with van der Waals surface area (Å²) >= 11 is 6.00. The topological polar surface area (TPSA) is 122 Å². The second-order valence-electron chi connectivity index (χ2n) is 8.61. The van der Waals surface area contributed by atoms with Crippen molar-refractivity contribution in [1.29, 1.82) is 0 Å². The summed E-state index contributed by atoms with van der Waals surface area (Å²) in [5.41, 5.74) is -0.173. The summed E-state index contributed by atoms with van der Waals surface area (Å²) in [6.45, 7) is 1.69. The third-order valence-corrected chi connectivity index (χ3v) is 7.69. The second-order valence-corrected chi connectivity index (χ2v) is 10.8. The molecule has 37 heavy (non-hydrogen) atoms. The van der Waals surface area contributed by atoms with Crippen LogP contribution in [0.4, 0.5) is 11.4 Å². The molecular formula is C25H25ClN4O6S. The maximum atomic E-state index is 13.6. The number of nitro benzene ring substituents is 1. The van der Waals surface area contributed by atoms with E-state index in [2.05, 4.69) is 10.2 Å². The predicted molar refractivity (Wildman–Crippen MR) is 139 cm³/mol. The zero-order valence-electron chi connectivity index (χ0n) is 19.9. The Morgan fingerprint density at radius 2 is 1.78 bits per heavy atom. The van der Waals surface area contributed by atoms with E-state index in [0.717, 1.165) is 32.0 Å². The van der Waals surface area contributed by atoms with Crippen molar-refractivity contribution in [2.75, 3.05) is 25.5 Å². The fraction of sp³-hybridized carbons (Fsp3) is 0.240. The molecule has 0 aromatic heterocycles. The Hall–Kier alpha value is -3.67. The zero-order valence-corrected chi connectivity index (χ0v) is 21.5. The molecule has 1 N–H and O–H groups in total. The monoisotopic (exact) mass is 544 g/mol. The maximum absolute atomic E-state index is 13.6. The van der Waals surface area contributed by atoms with Crippen molar-refractivity contribution in [3.63, 3.8) is 0 Å². The van der Waals surface area contributed by atoms with Gasteiger partial charge in [0.2, 0.25) is 0 Å². The molecule has 0 saturated carbocycles. The first-order chi connectivity index (χ1) is 17.6. The van der Waals surface area contributed by atoms with E-state index in [4.69, 9.17) is 16.4 Å². The van der Waals surface area contributed by atoms with Crippen molar-refractivity contribution in [3.05, 3.63) is 93.5 Å². The number of hydrogen-bond donors (Lipinski definition) is 1. The van der Waals surface area contributed by atoms with Crippen LogP contribution in [0.5, 0.6) is 5.75 Å². The summed E-state index contributed by atoms with van der Waals surface area (Å²) in [7, 11) is -2.69. The molecule has 0 aliphatic carbocycles. The van der Waals surface area contributed by atoms with Crippen LogP contribution in [0.3, 0.4) is 0 Å². The van der Waals surface area contributed by atoms with E-state index in [1.807, 2.05) is 7.05 Å². The average molecular weight is 545 g/mol. The number of benzene rings is 3. The van der Waals surface area contributed by atoms with Crippen molar-refractivity contribution >= 4 is 38.9 Å². The van der Waals surface area contributed by atoms with Gasteiger partial charge in [-0.3, -0.25) is 14.9 Å². The van der Waals surface area contributed by atoms with Crippen molar-refractivity contribution in [2.24, 2.45) is 0 Å². The van der Waals surface area contributed by atoms with Gasteiger partial charge in [0, 0.05) is 28.8 Å². The van der Waals surface area contributed by atoms with Gasteiger partial charge in [0.15, 0.2) is 5.75 Å². The number of likely N-dealkylation sites (tertiary alicyclic amines) is 1. The summed E-state index contributed by atoms with van der Waals surface area (Å²) in [6, 6.07) is 17.1. The molecule has 12 heteroatoms. The molecule has 0 unspecified atom stereocenters. The minimum Gasteiger partial charge on any atom is -0.377 e. The molecule has 1 aliphatic rings. The Bertz CT molecular complexity index is 1400. The third-order valence-electron chi connectivity index (χ3n) is 5.93. The van der Waals surface area contributed by atoms with E-state index < -0.39 is 31.4 Å². The highest BCUT2D eigenvalue weighted by Gasteiger charge is 2.35. The molecular weight excluding hydrogens is 520 g/mol. The van der Waals surface area contributed by atoms with E-state index in [1.54, 1.807) is 24.3 Å². The molecule has 10 nitrogen and oxygen atoms in total. The van der Waals surface area contributed by atoms with E-state index in [1.165, 1.54) is 42.5 Å². The summed E-state index contributed by atoms with van der Waals surface area (Å²) in [6.07, 6.45) is 1.58. The van der Waals surface area contributed by atoms with Crippen molar-refractivity contribution in [3.8, 4) is 5.75 Å². The molecule has 1 saturated heterocycles. The summed E-state index contributed by atoms with van der Waals surface area (Å²) < 4.78 is 27.5. The molecule has 194 valence electrons. The number of carbonyl (C=O) groups is 1. The fourth-order valence-electron chi connectivity index (χ4n) is 3.92. The van der Waals surface area contributed by atoms with Crippen LogP contribution in [-0.2, 0) is 10.0 Å². The Labute approximate surface area is 219 Å². The fourth-order valence-corrected chi connectivity index (χ4v) is 5.30. The van der Waals surface area contributed by atoms with Crippen LogP contribution in [0.2, 0.25) is 5.02 Å². The predicted octanol–water partition coefficient (Wildman–Crippen LogP) is 4.58. The van der Waals surface area contributed by atoms with E-state index in [0.29, 0.717) is 0 Å². The average Bonchev–Trinajstić information content (AvgIpc) is 2.88. The number of piperidine rings is 1. The minimum absolute atomic E-state index is 0.00425. The van der Waals surface area contributed by atoms with Crippen molar-refractivity contribution in [2.45, 2.75) is 23.8 Å². The van der Waals surface area contributed by atoms with Gasteiger partial charge in [0.25, 0.3) is 15.7 Å². The summed E-state index contributed by atoms with van der Waals surface area (Å²) in [5, 5.41) is 15.3. The van der Waals surface area contributed by atoms with Gasteiger partial charge in [-0.15, -0.1) is 0 Å². The van der Waals surface area contributed by atoms with Gasteiger partial charge in [0.1, 0.15) is 5.69 Å². The highest BCUT2D eigenvalue weighted by Crippen LogP contribution is 2.32. The van der Waals surface area contributed by atoms with E-state index in [-0.39, 0.29) is 32.5 Å². The molecule has 4 rings (SSSR count). The largest absolute Gasteiger partial charge is 0.377 e. The van der Waals surface area contributed by atoms with Crippen LogP contribution in [0.25, 0.3) is 0 Å². The first kappa shape index (κ1) is 26.4. The highest BCUT2D eigenvalue weighted by molar-refractivity contribution is 7.89. The van der Waals surface area contributed by atoms with Gasteiger partial charge < -0.3 is 15.1 Å². The molecule has 0 atom stereocenters. The SMILES string of the molecule is CN1CCC(Nc2ccc(S(=O)(=O)N(Oc3cccc(Cl)c3)C(=O)c3ccccc3)cc2[N+](=O)[O-])CC1. The number of anilines is 1. The van der Waals surface area contributed by atoms with Crippen LogP contribution in [0.15, 0.2) is 77.7 Å². The van der Waals surface area contributed by atoms with Gasteiger partial charge in [-0.1, -0.05) is 40.3 Å². The minimum atomic E-state index is -4.69. The van der Waals surface area contributed by atoms with Gasteiger partial charge in [-0.25, -0.2) is 0 Å². The number of carbonyl (C=O) groups excluding carboxylic acids is 1. The van der Waals surface area contributed by atoms with Gasteiger partial charge in [-0.05, 0) is 69.4 Å². The van der Waals surface area contributed by atoms with Crippen LogP contribution in [-0.4, -0.2) is 54.8 Å². The standard InChI is InChI=1S/C25H25ClN4O6S/c1-28-14-12-20(13-15-28)27-23-11-10-22(17-24(23)29(32)33)37(34,35)30(25(31)18-6-3-2-4-7-18)36-21-9-5-8-19(26)16-21/h2-11,16-17,20,27H,12-15H2,1H3. The lowest BCUT2D eigenvalue weighted by Gasteiger charge is -2.30. The molecule has 0 spiro atoms. The van der Waals surface area contributed by atoms with Gasteiger partial charge in [0.05, 0.1) is 9.82 Å². The number of nitrogens with one attached hydrogen (secondary N) is 1. The molecule has 3 aromatic rings. The number of hydrogen-bond acceptors (Lipinski definition) is 8. The van der Waals surface area contributed by atoms with Crippen LogP contribution < -0.4 is 10.2 Å². The second kappa shape index (κ2) is 11.2. The Morgan fingerprint density at radius 3 is 2.43 bits per heavy atom. The lowest BCUT2D eigenvalue weighted by molar-refractivity contribution is -0.384. The first-order valence-corrected chi connectivity index (χ1v) is 13.3. The molecule has 1 amide bonds. The lowest BCUT2D eigenvalue weighted by atomic mass is 10.1. The van der Waals surface area contributed by atoms with Gasteiger partial charge in [-0.2, -0.15) is 8.42 Å². The Morgan fingerprint density at radius 1 is 1.08 bits per heavy atom. The lowest BCUT2D eigenvalue weighted by Crippen LogP contribution is -2.39. The Balaban J connectivity index is 1.71. The number of nitro groups is 1. The Kier molecular flexibility index (Phi) is 7.96. The molecule has 1 aliphatic heterocycles. The number of hydroxylamine groups is 1. The first-order valence-electron chi connectivity index (χ1n) is 11.5. The number of rotatable bonds is 8. The van der Waals surface area contributed by atoms with Gasteiger partial charge >= 0.3 is 5.91 Å². The molecule has 0 radical (unpaired) electrons. The zero-order chi connectivity index (χ0) is 26.6. The third kappa shape index (κ3) is 6.19. The number of amides is 1. The maximum Gasteiger partial charge on any atom is 0.302 e. The summed E-state index contributed by atoms with van der Waals surface area (Å²) in [4.78, 5) is 31.7. The number of sulfonamides is 1. The van der Waals surface area contributed by atoms with E-state index in [9.17, 15) is 23.3 Å². The molecule has 1 fully saturated rings.